The second kappa shape index (κ2) is 14.5. The summed E-state index contributed by atoms with van der Waals surface area (Å²) in [5.74, 6) is 0.942. The van der Waals surface area contributed by atoms with E-state index in [9.17, 15) is 4.79 Å². The summed E-state index contributed by atoms with van der Waals surface area (Å²) < 4.78 is 3.79. The molecule has 7 rings (SSSR count). The Morgan fingerprint density at radius 3 is 2.43 bits per heavy atom. The van der Waals surface area contributed by atoms with Gasteiger partial charge in [0, 0.05) is 56.0 Å². The molecule has 2 aromatic heterocycles. The smallest absolute Gasteiger partial charge is 0.251 e. The van der Waals surface area contributed by atoms with Gasteiger partial charge in [0.1, 0.15) is 0 Å². The van der Waals surface area contributed by atoms with Crippen molar-refractivity contribution in [2.75, 3.05) is 6.67 Å². The molecule has 8 heteroatoms. The average Bonchev–Trinajstić information content (AvgIpc) is 3.86. The lowest BCUT2D eigenvalue weighted by molar-refractivity contribution is -0.0102. The summed E-state index contributed by atoms with van der Waals surface area (Å²) in [5.41, 5.74) is 5.58. The Labute approximate surface area is 280 Å². The number of carbonyl (C=O) groups excluding carboxylic acids is 1. The minimum absolute atomic E-state index is 0.0271. The zero-order valence-corrected chi connectivity index (χ0v) is 28.6. The summed E-state index contributed by atoms with van der Waals surface area (Å²) in [7, 11) is 1.91. The number of pyridine rings is 1. The number of hydrogen-bond donors (Lipinski definition) is 3. The van der Waals surface area contributed by atoms with Gasteiger partial charge in [-0.2, -0.15) is 0 Å². The van der Waals surface area contributed by atoms with E-state index in [0.717, 1.165) is 30.8 Å². The molecule has 0 radical (unpaired) electrons. The number of nitrogens with one attached hydrogen (secondary N) is 3. The minimum Gasteiger partial charge on any atom is -0.343 e. The van der Waals surface area contributed by atoms with E-state index >= 15 is 0 Å². The van der Waals surface area contributed by atoms with Crippen LogP contribution in [-0.2, 0) is 13.6 Å². The number of aromatic nitrogens is 3. The van der Waals surface area contributed by atoms with Crippen molar-refractivity contribution in [3.05, 3.63) is 82.5 Å². The first-order chi connectivity index (χ1) is 22.9. The number of fused-ring (bicyclic) bond motifs is 1. The lowest BCUT2D eigenvalue weighted by Gasteiger charge is -2.51. The first-order valence-corrected chi connectivity index (χ1v) is 18.6. The summed E-state index contributed by atoms with van der Waals surface area (Å²) >= 11 is 0. The van der Waals surface area contributed by atoms with Crippen LogP contribution in [0.3, 0.4) is 0 Å². The molecule has 252 valence electrons. The second-order valence-corrected chi connectivity index (χ2v) is 15.1. The van der Waals surface area contributed by atoms with Gasteiger partial charge in [-0.15, -0.1) is 0 Å². The van der Waals surface area contributed by atoms with Crippen molar-refractivity contribution in [1.82, 2.24) is 29.7 Å². The van der Waals surface area contributed by atoms with Crippen LogP contribution in [0.4, 0.5) is 0 Å². The fourth-order valence-electron chi connectivity index (χ4n) is 8.91. The van der Waals surface area contributed by atoms with Crippen LogP contribution in [0.2, 0.25) is 0 Å². The molecule has 3 saturated carbocycles. The first-order valence-electron chi connectivity index (χ1n) is 18.6. The highest BCUT2D eigenvalue weighted by molar-refractivity contribution is 5.95. The number of hydrogen-bond acceptors (Lipinski definition) is 5. The Hall–Kier alpha value is -3.23. The SMILES string of the molecule is Cc1ccnc(C(NC(=O)c2cc(Cn3ccn(C)c3=N)cc(C3NCN(C4CCCCCCCC4)C4CCCCC34)c2)C2CC2)c1. The summed E-state index contributed by atoms with van der Waals surface area (Å²) in [6.07, 6.45) is 24.0. The molecule has 4 atom stereocenters. The molecule has 3 heterocycles. The fraction of sp³-hybridized carbons (Fsp3) is 0.615. The highest BCUT2D eigenvalue weighted by atomic mass is 16.1. The number of nitrogens with zero attached hydrogens (tertiary/aromatic N) is 4. The van der Waals surface area contributed by atoms with E-state index in [1.54, 1.807) is 0 Å². The van der Waals surface area contributed by atoms with Gasteiger partial charge in [-0.05, 0) is 98.2 Å². The number of aryl methyl sites for hydroxylation is 2. The van der Waals surface area contributed by atoms with E-state index < -0.39 is 0 Å². The average molecular weight is 638 g/mol. The largest absolute Gasteiger partial charge is 0.343 e. The van der Waals surface area contributed by atoms with Crippen LogP contribution in [0.15, 0.2) is 48.9 Å². The normalized spacial score (nSPS) is 25.3. The van der Waals surface area contributed by atoms with Crippen molar-refractivity contribution >= 4 is 5.91 Å². The zero-order chi connectivity index (χ0) is 32.3. The summed E-state index contributed by atoms with van der Waals surface area (Å²) in [4.78, 5) is 21.7. The lowest BCUT2D eigenvalue weighted by atomic mass is 9.74. The number of benzene rings is 1. The van der Waals surface area contributed by atoms with Crippen LogP contribution in [0, 0.1) is 24.2 Å². The lowest BCUT2D eigenvalue weighted by Crippen LogP contribution is -2.59. The second-order valence-electron chi connectivity index (χ2n) is 15.1. The Morgan fingerprint density at radius 1 is 0.957 bits per heavy atom. The molecule has 3 aromatic rings. The van der Waals surface area contributed by atoms with Gasteiger partial charge >= 0.3 is 0 Å². The van der Waals surface area contributed by atoms with Crippen molar-refractivity contribution in [3.8, 4) is 0 Å². The van der Waals surface area contributed by atoms with Crippen LogP contribution in [-0.4, -0.2) is 43.7 Å². The summed E-state index contributed by atoms with van der Waals surface area (Å²) in [6.45, 7) is 3.58. The maximum absolute atomic E-state index is 14.2. The molecular weight excluding hydrogens is 582 g/mol. The van der Waals surface area contributed by atoms with Crippen molar-refractivity contribution in [2.24, 2.45) is 18.9 Å². The van der Waals surface area contributed by atoms with Crippen molar-refractivity contribution in [3.63, 3.8) is 0 Å². The molecule has 3 N–H and O–H groups in total. The molecule has 4 unspecified atom stereocenters. The molecule has 1 saturated heterocycles. The highest BCUT2D eigenvalue weighted by Crippen LogP contribution is 2.43. The van der Waals surface area contributed by atoms with E-state index in [1.807, 2.05) is 40.8 Å². The third-order valence-electron chi connectivity index (χ3n) is 11.6. The van der Waals surface area contributed by atoms with Gasteiger partial charge in [-0.25, -0.2) is 0 Å². The number of imidazole rings is 1. The molecule has 1 amide bonds. The molecule has 8 nitrogen and oxygen atoms in total. The molecular formula is C39H55N7O. The van der Waals surface area contributed by atoms with Gasteiger partial charge in [-0.1, -0.05) is 57.4 Å². The highest BCUT2D eigenvalue weighted by Gasteiger charge is 2.42. The van der Waals surface area contributed by atoms with Gasteiger partial charge in [0.15, 0.2) is 0 Å². The van der Waals surface area contributed by atoms with Crippen LogP contribution in [0.25, 0.3) is 0 Å². The fourth-order valence-corrected chi connectivity index (χ4v) is 8.91. The topological polar surface area (TPSA) is 91.0 Å². The standard InChI is InChI=1S/C39H55N7O/c1-27-17-18-41-34(21-27)37(29-15-16-29)43-38(47)31-23-28(25-45-20-19-44(2)39(45)40)22-30(24-31)36-33-13-9-10-14-35(33)46(26-42-36)32-11-7-5-3-4-6-8-12-32/h17-24,29,32-33,35-37,40,42H,3-16,25-26H2,1-2H3,(H,43,47). The number of amides is 1. The summed E-state index contributed by atoms with van der Waals surface area (Å²) in [5, 5.41) is 16.0. The van der Waals surface area contributed by atoms with Crippen LogP contribution in [0.5, 0.6) is 0 Å². The molecule has 47 heavy (non-hydrogen) atoms. The van der Waals surface area contributed by atoms with Crippen LogP contribution in [0.1, 0.15) is 135 Å². The molecule has 0 spiro atoms. The Kier molecular flexibility index (Phi) is 9.96. The molecule has 4 aliphatic rings. The van der Waals surface area contributed by atoms with E-state index in [2.05, 4.69) is 51.7 Å². The Morgan fingerprint density at radius 2 is 1.70 bits per heavy atom. The van der Waals surface area contributed by atoms with Crippen LogP contribution < -0.4 is 16.3 Å². The number of carbonyl (C=O) groups is 1. The van der Waals surface area contributed by atoms with Gasteiger partial charge in [-0.3, -0.25) is 25.4 Å². The molecule has 1 aromatic carbocycles. The predicted octanol–water partition coefficient (Wildman–Crippen LogP) is 6.90. The van der Waals surface area contributed by atoms with E-state index in [1.165, 1.54) is 88.2 Å². The maximum atomic E-state index is 14.2. The minimum atomic E-state index is -0.0742. The van der Waals surface area contributed by atoms with E-state index in [0.29, 0.717) is 41.6 Å². The number of rotatable bonds is 8. The third-order valence-corrected chi connectivity index (χ3v) is 11.6. The first kappa shape index (κ1) is 32.3. The molecule has 0 bridgehead atoms. The molecule has 1 aliphatic heterocycles. The van der Waals surface area contributed by atoms with Gasteiger partial charge in [0.05, 0.1) is 18.3 Å². The van der Waals surface area contributed by atoms with Crippen molar-refractivity contribution in [1.29, 1.82) is 5.41 Å². The third kappa shape index (κ3) is 7.44. The van der Waals surface area contributed by atoms with Crippen molar-refractivity contribution in [2.45, 2.75) is 128 Å². The van der Waals surface area contributed by atoms with Crippen molar-refractivity contribution < 1.29 is 4.79 Å². The Bertz CT molecular complexity index is 1580. The Balaban J connectivity index is 1.19. The van der Waals surface area contributed by atoms with E-state index in [-0.39, 0.29) is 18.0 Å². The molecule has 4 fully saturated rings. The van der Waals surface area contributed by atoms with Gasteiger partial charge in [0.2, 0.25) is 5.62 Å². The zero-order valence-electron chi connectivity index (χ0n) is 28.6. The van der Waals surface area contributed by atoms with Gasteiger partial charge in [0.25, 0.3) is 5.91 Å². The predicted molar refractivity (Wildman–Crippen MR) is 186 cm³/mol. The van der Waals surface area contributed by atoms with Crippen LogP contribution >= 0.6 is 0 Å². The quantitative estimate of drug-likeness (QED) is 0.251. The molecule has 3 aliphatic carbocycles. The monoisotopic (exact) mass is 637 g/mol. The maximum Gasteiger partial charge on any atom is 0.251 e. The summed E-state index contributed by atoms with van der Waals surface area (Å²) in [6, 6.07) is 12.1. The van der Waals surface area contributed by atoms with Gasteiger partial charge < -0.3 is 14.5 Å². The van der Waals surface area contributed by atoms with E-state index in [4.69, 9.17) is 5.41 Å².